The topological polar surface area (TPSA) is 99.5 Å². The van der Waals surface area contributed by atoms with E-state index >= 15 is 0 Å². The SMILES string of the molecule is N#CCC(=O)Nc1ccc(C(=O)OCC(=O)N2c3ccccc3SCC2c2ccccc2)cc1. The lowest BCUT2D eigenvalue weighted by Gasteiger charge is -2.37. The number of amides is 2. The quantitative estimate of drug-likeness (QED) is 0.529. The van der Waals surface area contributed by atoms with E-state index in [1.807, 2.05) is 54.6 Å². The smallest absolute Gasteiger partial charge is 0.338 e. The summed E-state index contributed by atoms with van der Waals surface area (Å²) in [4.78, 5) is 40.0. The molecule has 1 atom stereocenters. The molecule has 0 bridgehead atoms. The predicted octanol–water partition coefficient (Wildman–Crippen LogP) is 4.58. The first-order valence-corrected chi connectivity index (χ1v) is 11.6. The lowest BCUT2D eigenvalue weighted by atomic mass is 10.1. The summed E-state index contributed by atoms with van der Waals surface area (Å²) < 4.78 is 5.33. The minimum absolute atomic E-state index is 0.177. The maximum Gasteiger partial charge on any atom is 0.338 e. The van der Waals surface area contributed by atoms with Gasteiger partial charge in [-0.2, -0.15) is 5.26 Å². The van der Waals surface area contributed by atoms with Crippen LogP contribution in [0, 0.1) is 11.3 Å². The molecule has 34 heavy (non-hydrogen) atoms. The molecule has 7 nitrogen and oxygen atoms in total. The number of hydrogen-bond donors (Lipinski definition) is 1. The number of nitriles is 1. The second kappa shape index (κ2) is 10.7. The minimum Gasteiger partial charge on any atom is -0.452 e. The highest BCUT2D eigenvalue weighted by molar-refractivity contribution is 7.99. The van der Waals surface area contributed by atoms with Gasteiger partial charge in [-0.05, 0) is 42.0 Å². The van der Waals surface area contributed by atoms with Gasteiger partial charge in [-0.15, -0.1) is 11.8 Å². The molecular formula is C26H21N3O4S. The molecule has 170 valence electrons. The fourth-order valence-electron chi connectivity index (χ4n) is 3.66. The van der Waals surface area contributed by atoms with Crippen molar-refractivity contribution in [3.63, 3.8) is 0 Å². The van der Waals surface area contributed by atoms with Crippen molar-refractivity contribution in [1.82, 2.24) is 0 Å². The van der Waals surface area contributed by atoms with Gasteiger partial charge in [0.1, 0.15) is 6.42 Å². The van der Waals surface area contributed by atoms with E-state index in [-0.39, 0.29) is 23.9 Å². The van der Waals surface area contributed by atoms with Gasteiger partial charge in [0, 0.05) is 16.3 Å². The van der Waals surface area contributed by atoms with Crippen LogP contribution in [0.4, 0.5) is 11.4 Å². The fourth-order valence-corrected chi connectivity index (χ4v) is 4.83. The Hall–Kier alpha value is -4.09. The molecule has 2 amide bonds. The van der Waals surface area contributed by atoms with Gasteiger partial charge in [-0.25, -0.2) is 4.79 Å². The number of esters is 1. The summed E-state index contributed by atoms with van der Waals surface area (Å²) in [6.07, 6.45) is -0.256. The Morgan fingerprint density at radius 1 is 1.00 bits per heavy atom. The van der Waals surface area contributed by atoms with E-state index in [1.54, 1.807) is 22.7 Å². The maximum atomic E-state index is 13.3. The van der Waals surface area contributed by atoms with Crippen LogP contribution in [0.15, 0.2) is 83.8 Å². The van der Waals surface area contributed by atoms with Gasteiger partial charge < -0.3 is 10.1 Å². The molecule has 1 aliphatic rings. The van der Waals surface area contributed by atoms with Crippen LogP contribution in [0.2, 0.25) is 0 Å². The Morgan fingerprint density at radius 2 is 1.71 bits per heavy atom. The average molecular weight is 472 g/mol. The number of rotatable bonds is 6. The number of fused-ring (bicyclic) bond motifs is 1. The molecular weight excluding hydrogens is 450 g/mol. The number of hydrogen-bond acceptors (Lipinski definition) is 6. The summed E-state index contributed by atoms with van der Waals surface area (Å²) in [7, 11) is 0. The third kappa shape index (κ3) is 5.27. The van der Waals surface area contributed by atoms with Crippen molar-refractivity contribution in [2.45, 2.75) is 17.4 Å². The number of nitrogens with zero attached hydrogens (tertiary/aromatic N) is 2. The summed E-state index contributed by atoms with van der Waals surface area (Å²) in [5.41, 5.74) is 2.52. The first kappa shape index (κ1) is 23.1. The Balaban J connectivity index is 1.46. The third-order valence-corrected chi connectivity index (χ3v) is 6.40. The number of para-hydroxylation sites is 1. The molecule has 0 aliphatic carbocycles. The van der Waals surface area contributed by atoms with E-state index in [0.717, 1.165) is 16.1 Å². The first-order valence-electron chi connectivity index (χ1n) is 10.6. The summed E-state index contributed by atoms with van der Waals surface area (Å²) in [5, 5.41) is 11.1. The molecule has 3 aromatic rings. The number of nitrogens with one attached hydrogen (secondary N) is 1. The fraction of sp³-hybridized carbons (Fsp3) is 0.154. The van der Waals surface area contributed by atoms with E-state index in [2.05, 4.69) is 5.32 Å². The van der Waals surface area contributed by atoms with E-state index in [1.165, 1.54) is 24.3 Å². The molecule has 1 unspecified atom stereocenters. The maximum absolute atomic E-state index is 13.3. The largest absolute Gasteiger partial charge is 0.452 e. The van der Waals surface area contributed by atoms with E-state index in [0.29, 0.717) is 11.4 Å². The van der Waals surface area contributed by atoms with Crippen LogP contribution in [0.5, 0.6) is 0 Å². The van der Waals surface area contributed by atoms with Gasteiger partial charge in [0.25, 0.3) is 5.91 Å². The minimum atomic E-state index is -0.640. The molecule has 0 spiro atoms. The highest BCUT2D eigenvalue weighted by Crippen LogP contribution is 2.43. The van der Waals surface area contributed by atoms with Gasteiger partial charge >= 0.3 is 5.97 Å². The highest BCUT2D eigenvalue weighted by atomic mass is 32.2. The molecule has 3 aromatic carbocycles. The van der Waals surface area contributed by atoms with Gasteiger partial charge in [0.15, 0.2) is 6.61 Å². The summed E-state index contributed by atoms with van der Waals surface area (Å²) >= 11 is 1.69. The summed E-state index contributed by atoms with van der Waals surface area (Å²) in [6, 6.07) is 25.1. The zero-order chi connectivity index (χ0) is 23.9. The van der Waals surface area contributed by atoms with Gasteiger partial charge in [-0.1, -0.05) is 42.5 Å². The molecule has 0 radical (unpaired) electrons. The van der Waals surface area contributed by atoms with Crippen LogP contribution in [-0.2, 0) is 14.3 Å². The Labute approximate surface area is 201 Å². The second-order valence-electron chi connectivity index (χ2n) is 7.51. The van der Waals surface area contributed by atoms with Crippen molar-refractivity contribution >= 4 is 40.9 Å². The standard InChI is InChI=1S/C26H21N3O4S/c27-15-14-24(30)28-20-12-10-19(11-13-20)26(32)33-16-25(31)29-21-8-4-5-9-23(21)34-17-22(29)18-6-2-1-3-7-18/h1-13,22H,14,16-17H2,(H,28,30). The Morgan fingerprint density at radius 3 is 2.44 bits per heavy atom. The van der Waals surface area contributed by atoms with Crippen molar-refractivity contribution in [2.75, 3.05) is 22.6 Å². The monoisotopic (exact) mass is 471 g/mol. The van der Waals surface area contributed by atoms with Gasteiger partial charge in [0.05, 0.1) is 23.4 Å². The summed E-state index contributed by atoms with van der Waals surface area (Å²) in [5.74, 6) is -0.689. The normalized spacial score (nSPS) is 14.4. The zero-order valence-corrected chi connectivity index (χ0v) is 19.0. The van der Waals surface area contributed by atoms with Crippen LogP contribution < -0.4 is 10.2 Å². The van der Waals surface area contributed by atoms with Crippen molar-refractivity contribution in [3.05, 3.63) is 90.0 Å². The van der Waals surface area contributed by atoms with Crippen LogP contribution in [0.3, 0.4) is 0 Å². The zero-order valence-electron chi connectivity index (χ0n) is 18.1. The number of thioether (sulfide) groups is 1. The summed E-state index contributed by atoms with van der Waals surface area (Å²) in [6.45, 7) is -0.401. The van der Waals surface area contributed by atoms with Crippen molar-refractivity contribution in [3.8, 4) is 6.07 Å². The second-order valence-corrected chi connectivity index (χ2v) is 8.57. The number of carbonyl (C=O) groups excluding carboxylic acids is 3. The van der Waals surface area contributed by atoms with Crippen molar-refractivity contribution in [1.29, 1.82) is 5.26 Å². The van der Waals surface area contributed by atoms with Crippen LogP contribution in [0.25, 0.3) is 0 Å². The first-order chi connectivity index (χ1) is 16.6. The molecule has 1 N–H and O–H groups in total. The van der Waals surface area contributed by atoms with E-state index in [9.17, 15) is 14.4 Å². The predicted molar refractivity (Wildman–Crippen MR) is 129 cm³/mol. The molecule has 0 fully saturated rings. The molecule has 1 aliphatic heterocycles. The molecule has 0 aromatic heterocycles. The van der Waals surface area contributed by atoms with Crippen molar-refractivity contribution < 1.29 is 19.1 Å². The van der Waals surface area contributed by atoms with E-state index in [4.69, 9.17) is 10.00 Å². The Kier molecular flexibility index (Phi) is 7.25. The highest BCUT2D eigenvalue weighted by Gasteiger charge is 2.33. The average Bonchev–Trinajstić information content (AvgIpc) is 2.87. The number of carbonyl (C=O) groups is 3. The van der Waals surface area contributed by atoms with Gasteiger partial charge in [0.2, 0.25) is 5.91 Å². The van der Waals surface area contributed by atoms with Crippen LogP contribution in [0.1, 0.15) is 28.4 Å². The number of ether oxygens (including phenoxy) is 1. The number of benzene rings is 3. The molecule has 0 saturated heterocycles. The lowest BCUT2D eigenvalue weighted by Crippen LogP contribution is -2.41. The Bertz CT molecular complexity index is 1240. The van der Waals surface area contributed by atoms with Gasteiger partial charge in [-0.3, -0.25) is 14.5 Å². The number of anilines is 2. The van der Waals surface area contributed by atoms with Crippen LogP contribution >= 0.6 is 11.8 Å². The third-order valence-electron chi connectivity index (χ3n) is 5.26. The van der Waals surface area contributed by atoms with Crippen LogP contribution in [-0.4, -0.2) is 30.1 Å². The van der Waals surface area contributed by atoms with E-state index < -0.39 is 18.5 Å². The lowest BCUT2D eigenvalue weighted by molar-refractivity contribution is -0.122. The van der Waals surface area contributed by atoms with Crippen molar-refractivity contribution in [2.24, 2.45) is 0 Å². The molecule has 8 heteroatoms. The molecule has 4 rings (SSSR count). The molecule has 0 saturated carbocycles. The molecule has 1 heterocycles.